The van der Waals surface area contributed by atoms with Crippen LogP contribution < -0.4 is 0 Å². The minimum absolute atomic E-state index is 0.443. The summed E-state index contributed by atoms with van der Waals surface area (Å²) in [6.45, 7) is 20.3. The van der Waals surface area contributed by atoms with Crippen molar-refractivity contribution in [3.63, 3.8) is 0 Å². The highest BCUT2D eigenvalue weighted by Gasteiger charge is 2.49. The molecule has 0 radical (unpaired) electrons. The summed E-state index contributed by atoms with van der Waals surface area (Å²) in [6.07, 6.45) is 5.97. The van der Waals surface area contributed by atoms with Gasteiger partial charge in [0.2, 0.25) is 0 Å². The molecular formula is C31H50N2Si. The Balaban J connectivity index is 1.56. The lowest BCUT2D eigenvalue weighted by Crippen LogP contribution is -2.44. The van der Waals surface area contributed by atoms with E-state index >= 15 is 0 Å². The number of rotatable bonds is 11. The van der Waals surface area contributed by atoms with Gasteiger partial charge >= 0.3 is 0 Å². The average molecular weight is 479 g/mol. The van der Waals surface area contributed by atoms with E-state index in [2.05, 4.69) is 89.8 Å². The molecule has 0 N–H and O–H groups in total. The zero-order valence-electron chi connectivity index (χ0n) is 23.1. The molecular weight excluding hydrogens is 428 g/mol. The van der Waals surface area contributed by atoms with Gasteiger partial charge in [-0.05, 0) is 64.9 Å². The van der Waals surface area contributed by atoms with Crippen LogP contribution in [0.4, 0.5) is 0 Å². The third kappa shape index (κ3) is 7.78. The maximum Gasteiger partial charge on any atom is 0.0653 e. The van der Waals surface area contributed by atoms with Crippen molar-refractivity contribution in [2.24, 2.45) is 17.8 Å². The monoisotopic (exact) mass is 478 g/mol. The topological polar surface area (TPSA) is 16.1 Å². The first-order valence-electron chi connectivity index (χ1n) is 13.8. The van der Waals surface area contributed by atoms with Gasteiger partial charge in [0.05, 0.1) is 8.07 Å². The Bertz CT molecular complexity index is 843. The molecule has 0 bridgehead atoms. The van der Waals surface area contributed by atoms with E-state index in [9.17, 15) is 0 Å². The second kappa shape index (κ2) is 12.0. The summed E-state index contributed by atoms with van der Waals surface area (Å²) in [5, 5.41) is 0.443. The minimum Gasteiger partial charge on any atom is -0.299 e. The van der Waals surface area contributed by atoms with Crippen molar-refractivity contribution >= 4 is 8.07 Å². The standard InChI is InChI=1S/C31H50N2Si/c1-25(2)20-33(21-26(3)4)22-28-14-11-27(12-15-28)13-16-29-17-19-34(23-29,31(5,6)7)24-30-10-8-9-18-32-30/h8-12,14-15,18,25-26,29H,13,16-17,19-24H2,1-7H3. The third-order valence-electron chi connectivity index (χ3n) is 8.06. The largest absolute Gasteiger partial charge is 0.299 e. The lowest BCUT2D eigenvalue weighted by Gasteiger charge is -2.40. The molecule has 2 atom stereocenters. The highest BCUT2D eigenvalue weighted by molar-refractivity contribution is 6.82. The molecule has 3 rings (SSSR count). The van der Waals surface area contributed by atoms with Gasteiger partial charge in [-0.2, -0.15) is 0 Å². The summed E-state index contributed by atoms with van der Waals surface area (Å²) < 4.78 is 0. The van der Waals surface area contributed by atoms with E-state index in [1.165, 1.54) is 67.3 Å². The van der Waals surface area contributed by atoms with Gasteiger partial charge < -0.3 is 0 Å². The molecule has 2 aromatic rings. The van der Waals surface area contributed by atoms with Crippen LogP contribution in [0.3, 0.4) is 0 Å². The van der Waals surface area contributed by atoms with Crippen molar-refractivity contribution in [3.8, 4) is 0 Å². The molecule has 0 spiro atoms. The Labute approximate surface area is 211 Å². The summed E-state index contributed by atoms with van der Waals surface area (Å²) in [4.78, 5) is 7.34. The van der Waals surface area contributed by atoms with Crippen molar-refractivity contribution in [1.82, 2.24) is 9.88 Å². The Morgan fingerprint density at radius 3 is 2.15 bits per heavy atom. The predicted octanol–water partition coefficient (Wildman–Crippen LogP) is 8.18. The van der Waals surface area contributed by atoms with Gasteiger partial charge in [-0.3, -0.25) is 9.88 Å². The van der Waals surface area contributed by atoms with Gasteiger partial charge in [-0.25, -0.2) is 0 Å². The fourth-order valence-electron chi connectivity index (χ4n) is 6.12. The lowest BCUT2D eigenvalue weighted by molar-refractivity contribution is 0.211. The maximum absolute atomic E-state index is 4.71. The number of pyridine rings is 1. The Morgan fingerprint density at radius 2 is 1.59 bits per heavy atom. The van der Waals surface area contributed by atoms with Crippen LogP contribution in [0.5, 0.6) is 0 Å². The van der Waals surface area contributed by atoms with Crippen LogP contribution in [0.1, 0.15) is 78.1 Å². The highest BCUT2D eigenvalue weighted by Crippen LogP contribution is 2.52. The molecule has 1 aromatic heterocycles. The van der Waals surface area contributed by atoms with Crippen LogP contribution in [0, 0.1) is 17.8 Å². The molecule has 1 saturated heterocycles. The van der Waals surface area contributed by atoms with Crippen LogP contribution in [-0.4, -0.2) is 31.0 Å². The fraction of sp³-hybridized carbons (Fsp3) is 0.645. The summed E-state index contributed by atoms with van der Waals surface area (Å²) in [5.74, 6) is 2.32. The molecule has 1 aliphatic heterocycles. The molecule has 1 aromatic carbocycles. The van der Waals surface area contributed by atoms with Crippen molar-refractivity contribution in [3.05, 3.63) is 65.5 Å². The molecule has 0 amide bonds. The molecule has 0 saturated carbocycles. The second-order valence-electron chi connectivity index (χ2n) is 13.0. The van der Waals surface area contributed by atoms with Crippen LogP contribution >= 0.6 is 0 Å². The van der Waals surface area contributed by atoms with Gasteiger partial charge in [0.1, 0.15) is 0 Å². The number of benzene rings is 1. The SMILES string of the molecule is CC(C)CN(Cc1ccc(CCC2CC[Si](Cc3ccccn3)(C(C)(C)C)C2)cc1)CC(C)C. The second-order valence-corrected chi connectivity index (χ2v) is 18.3. The third-order valence-corrected chi connectivity index (χ3v) is 14.9. The number of aromatic nitrogens is 1. The van der Waals surface area contributed by atoms with E-state index in [-0.39, 0.29) is 0 Å². The molecule has 2 nitrogen and oxygen atoms in total. The van der Waals surface area contributed by atoms with Crippen molar-refractivity contribution < 1.29 is 0 Å². The Hall–Kier alpha value is -1.45. The maximum atomic E-state index is 4.71. The van der Waals surface area contributed by atoms with Crippen molar-refractivity contribution in [2.75, 3.05) is 13.1 Å². The zero-order valence-corrected chi connectivity index (χ0v) is 24.1. The van der Waals surface area contributed by atoms with Gasteiger partial charge in [-0.1, -0.05) is 97.3 Å². The number of hydrogen-bond donors (Lipinski definition) is 0. The van der Waals surface area contributed by atoms with Crippen LogP contribution in [0.15, 0.2) is 48.7 Å². The molecule has 2 heterocycles. The van der Waals surface area contributed by atoms with Crippen LogP contribution in [0.2, 0.25) is 17.1 Å². The first-order chi connectivity index (χ1) is 16.1. The number of aryl methyl sites for hydroxylation is 1. The smallest absolute Gasteiger partial charge is 0.0653 e. The normalized spacial score (nSPS) is 21.2. The van der Waals surface area contributed by atoms with E-state index in [4.69, 9.17) is 4.98 Å². The first-order valence-corrected chi connectivity index (χ1v) is 16.4. The Kier molecular flexibility index (Phi) is 9.57. The molecule has 2 unspecified atom stereocenters. The van der Waals surface area contributed by atoms with E-state index in [0.29, 0.717) is 16.9 Å². The van der Waals surface area contributed by atoms with Crippen LogP contribution in [0.25, 0.3) is 0 Å². The summed E-state index contributed by atoms with van der Waals surface area (Å²) >= 11 is 0. The van der Waals surface area contributed by atoms with E-state index in [1.54, 1.807) is 0 Å². The quantitative estimate of drug-likeness (QED) is 0.303. The molecule has 188 valence electrons. The minimum atomic E-state index is -1.40. The number of hydrogen-bond acceptors (Lipinski definition) is 2. The van der Waals surface area contributed by atoms with Crippen molar-refractivity contribution in [2.45, 2.75) is 97.4 Å². The van der Waals surface area contributed by atoms with Gasteiger partial charge in [0.25, 0.3) is 0 Å². The molecule has 34 heavy (non-hydrogen) atoms. The van der Waals surface area contributed by atoms with E-state index in [0.717, 1.165) is 12.5 Å². The van der Waals surface area contributed by atoms with Crippen molar-refractivity contribution in [1.29, 1.82) is 0 Å². The Morgan fingerprint density at radius 1 is 0.941 bits per heavy atom. The van der Waals surface area contributed by atoms with Gasteiger partial charge in [0.15, 0.2) is 0 Å². The summed E-state index contributed by atoms with van der Waals surface area (Å²) in [7, 11) is -1.40. The van der Waals surface area contributed by atoms with E-state index in [1.807, 2.05) is 12.3 Å². The first kappa shape index (κ1) is 27.1. The van der Waals surface area contributed by atoms with Gasteiger partial charge in [-0.15, -0.1) is 0 Å². The summed E-state index contributed by atoms with van der Waals surface area (Å²) in [5.41, 5.74) is 4.30. The number of nitrogens with zero attached hydrogens (tertiary/aromatic N) is 2. The van der Waals surface area contributed by atoms with E-state index < -0.39 is 8.07 Å². The molecule has 1 aliphatic rings. The molecule has 0 aliphatic carbocycles. The predicted molar refractivity (Wildman–Crippen MR) is 151 cm³/mol. The average Bonchev–Trinajstić information content (AvgIpc) is 3.17. The summed E-state index contributed by atoms with van der Waals surface area (Å²) in [6, 6.07) is 20.2. The van der Waals surface area contributed by atoms with Crippen LogP contribution in [-0.2, 0) is 19.0 Å². The highest BCUT2D eigenvalue weighted by atomic mass is 28.3. The zero-order chi connectivity index (χ0) is 24.8. The lowest BCUT2D eigenvalue weighted by atomic mass is 9.98. The van der Waals surface area contributed by atoms with Gasteiger partial charge in [0, 0.05) is 31.5 Å². The molecule has 1 fully saturated rings. The molecule has 3 heteroatoms. The fourth-order valence-corrected chi connectivity index (χ4v) is 11.9.